The van der Waals surface area contributed by atoms with Crippen molar-refractivity contribution >= 4 is 17.8 Å². The van der Waals surface area contributed by atoms with Crippen LogP contribution in [-0.4, -0.2) is 75.9 Å². The second-order valence-electron chi connectivity index (χ2n) is 4.30. The molecule has 1 aliphatic heterocycles. The molecule has 1 rings (SSSR count). The van der Waals surface area contributed by atoms with Gasteiger partial charge in [-0.15, -0.1) is 0 Å². The minimum Gasteiger partial charge on any atom is -0.480 e. The van der Waals surface area contributed by atoms with E-state index in [0.717, 1.165) is 4.90 Å². The van der Waals surface area contributed by atoms with Crippen LogP contribution in [0.1, 0.15) is 6.42 Å². The minimum atomic E-state index is -1.21. The largest absolute Gasteiger partial charge is 0.480 e. The minimum absolute atomic E-state index is 0.00927. The van der Waals surface area contributed by atoms with Gasteiger partial charge in [-0.05, 0) is 0 Å². The van der Waals surface area contributed by atoms with Gasteiger partial charge >= 0.3 is 5.97 Å². The van der Waals surface area contributed by atoms with Gasteiger partial charge in [0.25, 0.3) is 0 Å². The maximum atomic E-state index is 11.8. The molecule has 0 aromatic heterocycles. The fraction of sp³-hybridized carbons (Fsp3) is 0.700. The van der Waals surface area contributed by atoms with Crippen LogP contribution < -0.4 is 11.1 Å². The Morgan fingerprint density at radius 1 is 1.42 bits per heavy atom. The Morgan fingerprint density at radius 3 is 2.58 bits per heavy atom. The predicted octanol–water partition coefficient (Wildman–Crippen LogP) is -3.53. The highest BCUT2D eigenvalue weighted by molar-refractivity contribution is 5.91. The Kier molecular flexibility index (Phi) is 5.21. The molecule has 108 valence electrons. The number of nitrogens with two attached hydrogens (primary N) is 1. The van der Waals surface area contributed by atoms with Crippen molar-refractivity contribution in [3.8, 4) is 0 Å². The summed E-state index contributed by atoms with van der Waals surface area (Å²) in [6, 6.07) is -2.14. The Bertz CT molecular complexity index is 374. The number of carbonyl (C=O) groups excluding carboxylic acids is 2. The molecule has 9 heteroatoms. The van der Waals surface area contributed by atoms with E-state index in [2.05, 4.69) is 5.32 Å². The maximum absolute atomic E-state index is 11.8. The Balaban J connectivity index is 2.71. The molecule has 0 aromatic rings. The van der Waals surface area contributed by atoms with Crippen molar-refractivity contribution in [3.63, 3.8) is 0 Å². The summed E-state index contributed by atoms with van der Waals surface area (Å²) in [6.07, 6.45) is -0.870. The summed E-state index contributed by atoms with van der Waals surface area (Å²) < 4.78 is 0. The van der Waals surface area contributed by atoms with E-state index in [1.807, 2.05) is 0 Å². The van der Waals surface area contributed by atoms with Crippen LogP contribution in [0, 0.1) is 0 Å². The van der Waals surface area contributed by atoms with Crippen molar-refractivity contribution in [2.45, 2.75) is 24.6 Å². The van der Waals surface area contributed by atoms with Gasteiger partial charge in [0, 0.05) is 13.0 Å². The second-order valence-corrected chi connectivity index (χ2v) is 4.30. The lowest BCUT2D eigenvalue weighted by atomic mass is 10.1. The molecule has 1 heterocycles. The van der Waals surface area contributed by atoms with Gasteiger partial charge in [0.2, 0.25) is 11.8 Å². The van der Waals surface area contributed by atoms with E-state index in [4.69, 9.17) is 15.9 Å². The van der Waals surface area contributed by atoms with Crippen LogP contribution in [0.3, 0.4) is 0 Å². The second kappa shape index (κ2) is 6.45. The highest BCUT2D eigenvalue weighted by Crippen LogP contribution is 2.18. The summed E-state index contributed by atoms with van der Waals surface area (Å²) in [5.41, 5.74) is 5.38. The van der Waals surface area contributed by atoms with E-state index in [1.54, 1.807) is 0 Å². The Hall–Kier alpha value is -1.71. The maximum Gasteiger partial charge on any atom is 0.322 e. The van der Waals surface area contributed by atoms with Gasteiger partial charge < -0.3 is 31.3 Å². The van der Waals surface area contributed by atoms with Crippen LogP contribution in [-0.2, 0) is 14.4 Å². The molecule has 1 fully saturated rings. The van der Waals surface area contributed by atoms with E-state index in [9.17, 15) is 19.5 Å². The number of carboxylic acids is 1. The number of likely N-dealkylation sites (tertiary alicyclic amines) is 1. The third kappa shape index (κ3) is 3.88. The molecule has 9 nitrogen and oxygen atoms in total. The quantitative estimate of drug-likeness (QED) is 0.348. The number of aliphatic hydroxyl groups excluding tert-OH is 2. The number of rotatable bonds is 5. The molecule has 0 bridgehead atoms. The summed E-state index contributed by atoms with van der Waals surface area (Å²) in [6.45, 7) is -1.22. The molecular formula is C10H17N3O6. The van der Waals surface area contributed by atoms with Gasteiger partial charge in [0.05, 0.1) is 12.7 Å². The Morgan fingerprint density at radius 2 is 2.05 bits per heavy atom. The number of amides is 2. The van der Waals surface area contributed by atoms with E-state index in [0.29, 0.717) is 0 Å². The highest BCUT2D eigenvalue weighted by Gasteiger charge is 2.40. The number of carboxylic acid groups (broad SMARTS) is 1. The SMILES string of the molecule is N[C@H](CO)C(=O)N1C[C@H](O)C[C@H]1C(=O)NCC(=O)O. The molecule has 0 radical (unpaired) electrons. The number of nitrogens with one attached hydrogen (secondary N) is 1. The number of aliphatic hydroxyl groups is 2. The monoisotopic (exact) mass is 275 g/mol. The number of hydrogen-bond acceptors (Lipinski definition) is 6. The van der Waals surface area contributed by atoms with Crippen molar-refractivity contribution in [2.75, 3.05) is 19.7 Å². The number of β-amino-alcohol motifs (C(OH)–C–C–N with tert-alkyl or cyclic N) is 1. The van der Waals surface area contributed by atoms with Gasteiger partial charge in [-0.25, -0.2) is 0 Å². The van der Waals surface area contributed by atoms with Crippen LogP contribution in [0.5, 0.6) is 0 Å². The number of nitrogens with zero attached hydrogens (tertiary/aromatic N) is 1. The molecule has 0 unspecified atom stereocenters. The zero-order chi connectivity index (χ0) is 14.6. The number of hydrogen-bond donors (Lipinski definition) is 5. The summed E-state index contributed by atoms with van der Waals surface area (Å²) in [4.78, 5) is 35.0. The molecule has 0 aromatic carbocycles. The van der Waals surface area contributed by atoms with Crippen molar-refractivity contribution < 1.29 is 29.7 Å². The summed E-state index contributed by atoms with van der Waals surface area (Å²) >= 11 is 0. The number of aliphatic carboxylic acids is 1. The molecule has 2 amide bonds. The first-order valence-corrected chi connectivity index (χ1v) is 5.71. The molecular weight excluding hydrogens is 258 g/mol. The van der Waals surface area contributed by atoms with Gasteiger partial charge in [-0.2, -0.15) is 0 Å². The molecule has 0 aliphatic carbocycles. The predicted molar refractivity (Wildman–Crippen MR) is 61.8 cm³/mol. The van der Waals surface area contributed by atoms with Crippen LogP contribution >= 0.6 is 0 Å². The van der Waals surface area contributed by atoms with Gasteiger partial charge in [0.1, 0.15) is 18.6 Å². The lowest BCUT2D eigenvalue weighted by Crippen LogP contribution is -2.52. The molecule has 0 saturated carbocycles. The third-order valence-electron chi connectivity index (χ3n) is 2.79. The van der Waals surface area contributed by atoms with E-state index < -0.39 is 49.1 Å². The zero-order valence-electron chi connectivity index (χ0n) is 10.2. The van der Waals surface area contributed by atoms with Crippen molar-refractivity contribution in [2.24, 2.45) is 5.73 Å². The average Bonchev–Trinajstić information content (AvgIpc) is 2.76. The standard InChI is InChI=1S/C10H17N3O6/c11-6(4-14)10(19)13-3-5(15)1-7(13)9(18)12-2-8(16)17/h5-7,14-15H,1-4,11H2,(H,12,18)(H,16,17)/t5-,6-,7+/m1/s1. The third-order valence-corrected chi connectivity index (χ3v) is 2.79. The molecule has 1 saturated heterocycles. The smallest absolute Gasteiger partial charge is 0.322 e. The van der Waals surface area contributed by atoms with Crippen LogP contribution in [0.2, 0.25) is 0 Å². The summed E-state index contributed by atoms with van der Waals surface area (Å²) in [7, 11) is 0. The fourth-order valence-electron chi connectivity index (χ4n) is 1.88. The van der Waals surface area contributed by atoms with Gasteiger partial charge in [-0.3, -0.25) is 14.4 Å². The van der Waals surface area contributed by atoms with E-state index in [-0.39, 0.29) is 13.0 Å². The van der Waals surface area contributed by atoms with E-state index in [1.165, 1.54) is 0 Å². The van der Waals surface area contributed by atoms with Gasteiger partial charge in [0.15, 0.2) is 0 Å². The van der Waals surface area contributed by atoms with Crippen molar-refractivity contribution in [3.05, 3.63) is 0 Å². The molecule has 1 aliphatic rings. The molecule has 19 heavy (non-hydrogen) atoms. The molecule has 3 atom stereocenters. The van der Waals surface area contributed by atoms with Crippen LogP contribution in [0.25, 0.3) is 0 Å². The first kappa shape index (κ1) is 15.3. The van der Waals surface area contributed by atoms with Crippen molar-refractivity contribution in [1.29, 1.82) is 0 Å². The Labute approximate surface area is 109 Å². The fourth-order valence-corrected chi connectivity index (χ4v) is 1.88. The first-order valence-electron chi connectivity index (χ1n) is 5.71. The van der Waals surface area contributed by atoms with Crippen LogP contribution in [0.15, 0.2) is 0 Å². The lowest BCUT2D eigenvalue weighted by Gasteiger charge is -2.25. The number of carbonyl (C=O) groups is 3. The average molecular weight is 275 g/mol. The molecule has 0 spiro atoms. The zero-order valence-corrected chi connectivity index (χ0v) is 10.2. The first-order chi connectivity index (χ1) is 8.86. The summed E-state index contributed by atoms with van der Waals surface area (Å²) in [5, 5.41) is 28.9. The summed E-state index contributed by atoms with van der Waals surface area (Å²) in [5.74, 6) is -2.54. The van der Waals surface area contributed by atoms with Crippen LogP contribution in [0.4, 0.5) is 0 Å². The topological polar surface area (TPSA) is 153 Å². The normalized spacial score (nSPS) is 24.1. The lowest BCUT2D eigenvalue weighted by molar-refractivity contribution is -0.141. The molecule has 6 N–H and O–H groups in total. The van der Waals surface area contributed by atoms with Gasteiger partial charge in [-0.1, -0.05) is 0 Å². The van der Waals surface area contributed by atoms with Crippen molar-refractivity contribution in [1.82, 2.24) is 10.2 Å². The van der Waals surface area contributed by atoms with E-state index >= 15 is 0 Å². The highest BCUT2D eigenvalue weighted by atomic mass is 16.4.